The third kappa shape index (κ3) is 3.33. The molecule has 2 N–H and O–H groups in total. The fraction of sp³-hybridized carbons (Fsp3) is 0.133. The molecule has 0 aliphatic carbocycles. The number of benzene rings is 2. The number of nitrogen functional groups attached to an aromatic ring is 1. The van der Waals surface area contributed by atoms with Gasteiger partial charge in [0.05, 0.1) is 17.1 Å². The molecule has 0 bridgehead atoms. The number of anilines is 1. The van der Waals surface area contributed by atoms with Crippen molar-refractivity contribution in [3.63, 3.8) is 0 Å². The van der Waals surface area contributed by atoms with Gasteiger partial charge in [-0.25, -0.2) is 9.18 Å². The number of aryl methyl sites for hydroxylation is 1. The Bertz CT molecular complexity index is 704. The second kappa shape index (κ2) is 6.13. The second-order valence-electron chi connectivity index (χ2n) is 4.40. The molecular formula is C15H13BrFNO3. The van der Waals surface area contributed by atoms with Gasteiger partial charge in [-0.1, -0.05) is 6.07 Å². The molecule has 0 heterocycles. The zero-order chi connectivity index (χ0) is 15.6. The van der Waals surface area contributed by atoms with Crippen molar-refractivity contribution in [2.24, 2.45) is 0 Å². The molecule has 0 radical (unpaired) electrons. The summed E-state index contributed by atoms with van der Waals surface area (Å²) in [6.07, 6.45) is 0. The molecule has 2 rings (SSSR count). The summed E-state index contributed by atoms with van der Waals surface area (Å²) >= 11 is 3.34. The minimum absolute atomic E-state index is 0.00493. The Labute approximate surface area is 129 Å². The standard InChI is InChI=1S/C15H13BrFNO3/c1-8-3-4-13(10(16)5-8)21-14-6-9(15(19)20-2)12(18)7-11(14)17/h3-7H,18H2,1-2H3. The van der Waals surface area contributed by atoms with Crippen LogP contribution in [0.2, 0.25) is 0 Å². The van der Waals surface area contributed by atoms with E-state index in [9.17, 15) is 9.18 Å². The number of esters is 1. The van der Waals surface area contributed by atoms with Gasteiger partial charge in [0.25, 0.3) is 0 Å². The summed E-state index contributed by atoms with van der Waals surface area (Å²) in [5, 5.41) is 0. The molecule has 0 aromatic heterocycles. The van der Waals surface area contributed by atoms with Crippen LogP contribution in [0.15, 0.2) is 34.8 Å². The van der Waals surface area contributed by atoms with Crippen LogP contribution in [-0.4, -0.2) is 13.1 Å². The minimum atomic E-state index is -0.660. The van der Waals surface area contributed by atoms with Crippen molar-refractivity contribution < 1.29 is 18.7 Å². The molecule has 21 heavy (non-hydrogen) atoms. The van der Waals surface area contributed by atoms with Gasteiger partial charge in [-0.05, 0) is 40.5 Å². The fourth-order valence-corrected chi connectivity index (χ4v) is 2.32. The molecule has 110 valence electrons. The fourth-order valence-electron chi connectivity index (χ4n) is 1.74. The molecule has 0 fully saturated rings. The molecule has 0 aliphatic rings. The number of halogens is 2. The lowest BCUT2D eigenvalue weighted by atomic mass is 10.1. The van der Waals surface area contributed by atoms with Crippen molar-refractivity contribution in [1.29, 1.82) is 0 Å². The first-order chi connectivity index (χ1) is 9.92. The molecule has 0 saturated heterocycles. The predicted molar refractivity (Wildman–Crippen MR) is 81.1 cm³/mol. The van der Waals surface area contributed by atoms with Gasteiger partial charge in [0.2, 0.25) is 0 Å². The highest BCUT2D eigenvalue weighted by atomic mass is 79.9. The highest BCUT2D eigenvalue weighted by molar-refractivity contribution is 9.10. The van der Waals surface area contributed by atoms with Crippen molar-refractivity contribution in [3.8, 4) is 11.5 Å². The number of carbonyl (C=O) groups excluding carboxylic acids is 1. The van der Waals surface area contributed by atoms with Crippen LogP contribution < -0.4 is 10.5 Å². The van der Waals surface area contributed by atoms with Gasteiger partial charge in [-0.15, -0.1) is 0 Å². The first kappa shape index (κ1) is 15.3. The molecule has 0 saturated carbocycles. The van der Waals surface area contributed by atoms with Crippen molar-refractivity contribution in [2.45, 2.75) is 6.92 Å². The summed E-state index contributed by atoms with van der Waals surface area (Å²) < 4.78 is 24.7. The number of carbonyl (C=O) groups is 1. The van der Waals surface area contributed by atoms with E-state index in [2.05, 4.69) is 20.7 Å². The highest BCUT2D eigenvalue weighted by Crippen LogP contribution is 2.33. The number of hydrogen-bond donors (Lipinski definition) is 1. The van der Waals surface area contributed by atoms with Gasteiger partial charge in [0, 0.05) is 17.8 Å². The van der Waals surface area contributed by atoms with E-state index in [0.717, 1.165) is 11.6 Å². The Morgan fingerprint density at radius 1 is 1.24 bits per heavy atom. The van der Waals surface area contributed by atoms with E-state index in [4.69, 9.17) is 10.5 Å². The topological polar surface area (TPSA) is 61.5 Å². The molecule has 4 nitrogen and oxygen atoms in total. The van der Waals surface area contributed by atoms with Crippen LogP contribution in [0.4, 0.5) is 10.1 Å². The Kier molecular flexibility index (Phi) is 4.47. The van der Waals surface area contributed by atoms with Crippen molar-refractivity contribution >= 4 is 27.6 Å². The van der Waals surface area contributed by atoms with E-state index in [1.54, 1.807) is 6.07 Å². The highest BCUT2D eigenvalue weighted by Gasteiger charge is 2.16. The SMILES string of the molecule is COC(=O)c1cc(Oc2ccc(C)cc2Br)c(F)cc1N. The summed E-state index contributed by atoms with van der Waals surface area (Å²) in [6.45, 7) is 1.92. The average Bonchev–Trinajstić information content (AvgIpc) is 2.43. The Morgan fingerprint density at radius 3 is 2.57 bits per heavy atom. The monoisotopic (exact) mass is 353 g/mol. The van der Waals surface area contributed by atoms with Gasteiger partial charge >= 0.3 is 5.97 Å². The van der Waals surface area contributed by atoms with Gasteiger partial charge in [0.1, 0.15) is 5.75 Å². The van der Waals surface area contributed by atoms with Crippen LogP contribution in [0.3, 0.4) is 0 Å². The number of ether oxygens (including phenoxy) is 2. The quantitative estimate of drug-likeness (QED) is 0.667. The third-order valence-electron chi connectivity index (χ3n) is 2.82. The number of hydrogen-bond acceptors (Lipinski definition) is 4. The number of rotatable bonds is 3. The van der Waals surface area contributed by atoms with Crippen molar-refractivity contribution in [1.82, 2.24) is 0 Å². The molecule has 0 spiro atoms. The minimum Gasteiger partial charge on any atom is -0.465 e. The van der Waals surface area contributed by atoms with Crippen LogP contribution in [0.5, 0.6) is 11.5 Å². The van der Waals surface area contributed by atoms with Crippen molar-refractivity contribution in [3.05, 3.63) is 51.7 Å². The van der Waals surface area contributed by atoms with Crippen molar-refractivity contribution in [2.75, 3.05) is 12.8 Å². The predicted octanol–water partition coefficient (Wildman–Crippen LogP) is 4.06. The van der Waals surface area contributed by atoms with E-state index in [1.165, 1.54) is 13.2 Å². The van der Waals surface area contributed by atoms with E-state index < -0.39 is 11.8 Å². The lowest BCUT2D eigenvalue weighted by Crippen LogP contribution is -2.07. The van der Waals surface area contributed by atoms with E-state index >= 15 is 0 Å². The summed E-state index contributed by atoms with van der Waals surface area (Å²) in [7, 11) is 1.22. The van der Waals surface area contributed by atoms with Crippen LogP contribution in [-0.2, 0) is 4.74 Å². The summed E-state index contributed by atoms with van der Waals surface area (Å²) in [4.78, 5) is 11.6. The normalized spacial score (nSPS) is 10.3. The molecule has 0 aliphatic heterocycles. The Morgan fingerprint density at radius 2 is 1.95 bits per heavy atom. The van der Waals surface area contributed by atoms with Crippen LogP contribution in [0.25, 0.3) is 0 Å². The largest absolute Gasteiger partial charge is 0.465 e. The van der Waals surface area contributed by atoms with Gasteiger partial charge < -0.3 is 15.2 Å². The molecule has 2 aromatic carbocycles. The summed E-state index contributed by atoms with van der Waals surface area (Å²) in [5.74, 6) is -0.984. The first-order valence-electron chi connectivity index (χ1n) is 6.03. The Balaban J connectivity index is 2.42. The van der Waals surface area contributed by atoms with Crippen LogP contribution in [0, 0.1) is 12.7 Å². The van der Waals surface area contributed by atoms with Gasteiger partial charge in [0.15, 0.2) is 11.6 Å². The number of nitrogens with two attached hydrogens (primary N) is 1. The van der Waals surface area contributed by atoms with Crippen LogP contribution in [0.1, 0.15) is 15.9 Å². The molecule has 0 unspecified atom stereocenters. The third-order valence-corrected chi connectivity index (χ3v) is 3.44. The average molecular weight is 354 g/mol. The van der Waals surface area contributed by atoms with E-state index in [-0.39, 0.29) is 17.0 Å². The molecule has 2 aromatic rings. The maximum Gasteiger partial charge on any atom is 0.340 e. The van der Waals surface area contributed by atoms with Gasteiger partial charge in [-0.2, -0.15) is 0 Å². The lowest BCUT2D eigenvalue weighted by molar-refractivity contribution is 0.0601. The first-order valence-corrected chi connectivity index (χ1v) is 6.83. The van der Waals surface area contributed by atoms with Crippen LogP contribution >= 0.6 is 15.9 Å². The molecule has 0 amide bonds. The maximum absolute atomic E-state index is 13.9. The van der Waals surface area contributed by atoms with E-state index in [0.29, 0.717) is 10.2 Å². The van der Waals surface area contributed by atoms with E-state index in [1.807, 2.05) is 19.1 Å². The summed E-state index contributed by atoms with van der Waals surface area (Å²) in [5.41, 5.74) is 6.68. The Hall–Kier alpha value is -2.08. The number of methoxy groups -OCH3 is 1. The van der Waals surface area contributed by atoms with Gasteiger partial charge in [-0.3, -0.25) is 0 Å². The zero-order valence-electron chi connectivity index (χ0n) is 11.4. The second-order valence-corrected chi connectivity index (χ2v) is 5.25. The molecule has 0 atom stereocenters. The lowest BCUT2D eigenvalue weighted by Gasteiger charge is -2.11. The maximum atomic E-state index is 13.9. The molecular weight excluding hydrogens is 341 g/mol. The summed E-state index contributed by atoms with van der Waals surface area (Å²) in [6, 6.07) is 7.63. The smallest absolute Gasteiger partial charge is 0.340 e. The zero-order valence-corrected chi connectivity index (χ0v) is 13.0. The molecule has 6 heteroatoms.